The van der Waals surface area contributed by atoms with Gasteiger partial charge in [-0.3, -0.25) is 0 Å². The highest BCUT2D eigenvalue weighted by molar-refractivity contribution is 5.20. The van der Waals surface area contributed by atoms with E-state index in [0.29, 0.717) is 0 Å². The zero-order valence-electron chi connectivity index (χ0n) is 4.91. The molecule has 1 aliphatic carbocycles. The van der Waals surface area contributed by atoms with E-state index in [2.05, 4.69) is 0 Å². The van der Waals surface area contributed by atoms with Gasteiger partial charge < -0.3 is 15.9 Å². The normalized spacial score (nSPS) is 34.2. The molecule has 0 saturated carbocycles. The van der Waals surface area contributed by atoms with Crippen molar-refractivity contribution in [1.82, 2.24) is 0 Å². The van der Waals surface area contributed by atoms with E-state index >= 15 is 0 Å². The molecule has 50 valence electrons. The van der Waals surface area contributed by atoms with E-state index in [1.54, 1.807) is 0 Å². The van der Waals surface area contributed by atoms with Gasteiger partial charge in [-0.15, -0.1) is 0 Å². The van der Waals surface area contributed by atoms with Crippen LogP contribution >= 0.6 is 0 Å². The van der Waals surface area contributed by atoms with Gasteiger partial charge in [-0.1, -0.05) is 0 Å². The van der Waals surface area contributed by atoms with Gasteiger partial charge in [0.1, 0.15) is 11.5 Å². The summed E-state index contributed by atoms with van der Waals surface area (Å²) in [7, 11) is 0. The first-order valence-corrected chi connectivity index (χ1v) is 2.70. The van der Waals surface area contributed by atoms with Crippen molar-refractivity contribution in [3.05, 3.63) is 24.0 Å². The van der Waals surface area contributed by atoms with E-state index in [-0.39, 0.29) is 12.2 Å². The molecule has 0 amide bonds. The molecule has 0 radical (unpaired) electrons. The third-order valence-corrected chi connectivity index (χ3v) is 1.18. The number of nitrogens with two attached hydrogens (primary N) is 1. The predicted octanol–water partition coefficient (Wildman–Crippen LogP) is 0.0355. The smallest absolute Gasteiger partial charge is 0.136 e. The second-order valence-corrected chi connectivity index (χ2v) is 2.16. The Morgan fingerprint density at radius 2 is 2.33 bits per heavy atom. The quantitative estimate of drug-likeness (QED) is 0.402. The van der Waals surface area contributed by atoms with Crippen molar-refractivity contribution in [2.45, 2.75) is 12.1 Å². The molecule has 3 heteroatoms. The molecule has 3 nitrogen and oxygen atoms in total. The molecule has 9 heavy (non-hydrogen) atoms. The molecule has 0 aromatic rings. The molecule has 0 aromatic carbocycles. The Kier molecular flexibility index (Phi) is 1.31. The summed E-state index contributed by atoms with van der Waals surface area (Å²) >= 11 is 0. The minimum Gasteiger partial charge on any atom is -0.508 e. The fraction of sp³-hybridized carbons (Fsp3) is 0.333. The fourth-order valence-corrected chi connectivity index (χ4v) is 0.634. The van der Waals surface area contributed by atoms with Crippen LogP contribution in [0, 0.1) is 0 Å². The molecule has 1 aliphatic rings. The first-order chi connectivity index (χ1) is 4.10. The Hall–Kier alpha value is -0.800. The monoisotopic (exact) mass is 127 g/mol. The van der Waals surface area contributed by atoms with Gasteiger partial charge in [-0.05, 0) is 18.2 Å². The van der Waals surface area contributed by atoms with E-state index in [1.165, 1.54) is 18.2 Å². The fourth-order valence-electron chi connectivity index (χ4n) is 0.634. The largest absolute Gasteiger partial charge is 0.508 e. The highest BCUT2D eigenvalue weighted by atomic mass is 16.3. The van der Waals surface area contributed by atoms with Crippen LogP contribution in [0.4, 0.5) is 0 Å². The van der Waals surface area contributed by atoms with E-state index in [9.17, 15) is 0 Å². The van der Waals surface area contributed by atoms with Gasteiger partial charge in [0.2, 0.25) is 0 Å². The van der Waals surface area contributed by atoms with Crippen molar-refractivity contribution >= 4 is 0 Å². The summed E-state index contributed by atoms with van der Waals surface area (Å²) in [5, 5.41) is 17.8. The second-order valence-electron chi connectivity index (χ2n) is 2.16. The topological polar surface area (TPSA) is 66.5 Å². The van der Waals surface area contributed by atoms with Gasteiger partial charge in [0, 0.05) is 6.42 Å². The summed E-state index contributed by atoms with van der Waals surface area (Å²) in [6.07, 6.45) is 4.49. The van der Waals surface area contributed by atoms with E-state index in [1.807, 2.05) is 0 Å². The highest BCUT2D eigenvalue weighted by Gasteiger charge is 2.17. The lowest BCUT2D eigenvalue weighted by Gasteiger charge is -2.19. The van der Waals surface area contributed by atoms with Crippen LogP contribution in [0.3, 0.4) is 0 Å². The third kappa shape index (κ3) is 1.55. The van der Waals surface area contributed by atoms with Crippen molar-refractivity contribution in [1.29, 1.82) is 0 Å². The SMILES string of the molecule is N[C@]1(O)C=CC(O)=CC1. The molecule has 0 aromatic heterocycles. The summed E-state index contributed by atoms with van der Waals surface area (Å²) in [5.74, 6) is 0.158. The van der Waals surface area contributed by atoms with Crippen LogP contribution in [0.1, 0.15) is 6.42 Å². The molecular formula is C6H9NO2. The summed E-state index contributed by atoms with van der Waals surface area (Å²) in [5.41, 5.74) is 4.00. The molecule has 0 spiro atoms. The van der Waals surface area contributed by atoms with Crippen LogP contribution in [0.2, 0.25) is 0 Å². The minimum absolute atomic E-state index is 0.158. The second kappa shape index (κ2) is 1.86. The van der Waals surface area contributed by atoms with Crippen LogP contribution in [0.5, 0.6) is 0 Å². The number of aliphatic hydroxyl groups is 2. The lowest BCUT2D eigenvalue weighted by atomic mass is 10.1. The van der Waals surface area contributed by atoms with Gasteiger partial charge in [0.15, 0.2) is 0 Å². The molecule has 0 unspecified atom stereocenters. The van der Waals surface area contributed by atoms with Gasteiger partial charge >= 0.3 is 0 Å². The van der Waals surface area contributed by atoms with Crippen LogP contribution in [0.15, 0.2) is 24.0 Å². The maximum Gasteiger partial charge on any atom is 0.136 e. The van der Waals surface area contributed by atoms with Crippen molar-refractivity contribution in [2.24, 2.45) is 5.73 Å². The average molecular weight is 127 g/mol. The lowest BCUT2D eigenvalue weighted by molar-refractivity contribution is 0.0983. The van der Waals surface area contributed by atoms with Gasteiger partial charge in [0.25, 0.3) is 0 Å². The molecule has 0 aliphatic heterocycles. The Morgan fingerprint density at radius 1 is 1.67 bits per heavy atom. The summed E-state index contributed by atoms with van der Waals surface area (Å²) < 4.78 is 0. The molecule has 0 saturated heterocycles. The van der Waals surface area contributed by atoms with Crippen molar-refractivity contribution in [2.75, 3.05) is 0 Å². The molecule has 0 heterocycles. The van der Waals surface area contributed by atoms with Crippen molar-refractivity contribution < 1.29 is 10.2 Å². The molecule has 1 rings (SSSR count). The molecule has 0 bridgehead atoms. The summed E-state index contributed by atoms with van der Waals surface area (Å²) in [6, 6.07) is 0. The van der Waals surface area contributed by atoms with E-state index < -0.39 is 5.72 Å². The van der Waals surface area contributed by atoms with Crippen molar-refractivity contribution in [3.63, 3.8) is 0 Å². The average Bonchev–Trinajstić information content (AvgIpc) is 1.78. The summed E-state index contributed by atoms with van der Waals surface area (Å²) in [6.45, 7) is 0. The number of rotatable bonds is 0. The number of hydrogen-bond acceptors (Lipinski definition) is 3. The first kappa shape index (κ1) is 6.32. The van der Waals surface area contributed by atoms with Crippen LogP contribution < -0.4 is 5.73 Å². The Labute approximate surface area is 53.1 Å². The maximum absolute atomic E-state index is 9.03. The third-order valence-electron chi connectivity index (χ3n) is 1.18. The lowest BCUT2D eigenvalue weighted by Crippen LogP contribution is -2.37. The minimum atomic E-state index is -1.26. The molecular weight excluding hydrogens is 118 g/mol. The zero-order chi connectivity index (χ0) is 6.91. The number of allylic oxidation sites excluding steroid dienone is 1. The Bertz CT molecular complexity index is 170. The van der Waals surface area contributed by atoms with E-state index in [4.69, 9.17) is 15.9 Å². The summed E-state index contributed by atoms with van der Waals surface area (Å²) in [4.78, 5) is 0. The van der Waals surface area contributed by atoms with Gasteiger partial charge in [-0.25, -0.2) is 0 Å². The van der Waals surface area contributed by atoms with Crippen LogP contribution in [0.25, 0.3) is 0 Å². The molecule has 0 fully saturated rings. The molecule has 1 atom stereocenters. The van der Waals surface area contributed by atoms with Gasteiger partial charge in [-0.2, -0.15) is 0 Å². The standard InChI is InChI=1S/C6H9NO2/c7-6(9)3-1-5(8)2-4-6/h1-3,8-9H,4,7H2/t6-/m0/s1. The highest BCUT2D eigenvalue weighted by Crippen LogP contribution is 2.13. The van der Waals surface area contributed by atoms with Gasteiger partial charge in [0.05, 0.1) is 0 Å². The van der Waals surface area contributed by atoms with Crippen LogP contribution in [-0.4, -0.2) is 15.9 Å². The van der Waals surface area contributed by atoms with Crippen molar-refractivity contribution in [3.8, 4) is 0 Å². The van der Waals surface area contributed by atoms with E-state index in [0.717, 1.165) is 0 Å². The molecule has 4 N–H and O–H groups in total. The predicted molar refractivity (Wildman–Crippen MR) is 33.6 cm³/mol. The first-order valence-electron chi connectivity index (χ1n) is 2.70. The zero-order valence-corrected chi connectivity index (χ0v) is 4.91. The Balaban J connectivity index is 2.70. The maximum atomic E-state index is 9.03. The van der Waals surface area contributed by atoms with Crippen LogP contribution in [-0.2, 0) is 0 Å². The number of aliphatic hydroxyl groups excluding tert-OH is 1. The number of hydrogen-bond donors (Lipinski definition) is 3. The Morgan fingerprint density at radius 3 is 2.67 bits per heavy atom.